The lowest BCUT2D eigenvalue weighted by atomic mass is 10.1. The van der Waals surface area contributed by atoms with E-state index in [4.69, 9.17) is 18.9 Å². The van der Waals surface area contributed by atoms with E-state index in [1.807, 2.05) is 13.8 Å². The number of carbonyl (C=O) groups excluding carboxylic acids is 3. The van der Waals surface area contributed by atoms with Gasteiger partial charge in [-0.2, -0.15) is 0 Å². The first kappa shape index (κ1) is 22.9. The molecule has 2 aromatic rings. The highest BCUT2D eigenvalue weighted by Crippen LogP contribution is 2.23. The first-order valence-corrected chi connectivity index (χ1v) is 9.20. The van der Waals surface area contributed by atoms with Crippen molar-refractivity contribution in [2.75, 3.05) is 26.6 Å². The number of benzene rings is 2. The Hall–Kier alpha value is -3.39. The van der Waals surface area contributed by atoms with E-state index in [-0.39, 0.29) is 29.5 Å². The van der Waals surface area contributed by atoms with Crippen molar-refractivity contribution >= 4 is 23.5 Å². The van der Waals surface area contributed by atoms with Crippen molar-refractivity contribution in [3.63, 3.8) is 0 Å². The number of methoxy groups -OCH3 is 3. The van der Waals surface area contributed by atoms with E-state index in [0.29, 0.717) is 11.3 Å². The summed E-state index contributed by atoms with van der Waals surface area (Å²) in [7, 11) is 3.99. The van der Waals surface area contributed by atoms with Crippen LogP contribution in [0.15, 0.2) is 36.4 Å². The van der Waals surface area contributed by atoms with Gasteiger partial charge in [-0.3, -0.25) is 4.79 Å². The largest absolute Gasteiger partial charge is 0.496 e. The summed E-state index contributed by atoms with van der Waals surface area (Å²) in [6, 6.07) is 9.13. The first-order valence-electron chi connectivity index (χ1n) is 9.20. The highest BCUT2D eigenvalue weighted by Gasteiger charge is 2.16. The van der Waals surface area contributed by atoms with E-state index < -0.39 is 17.8 Å². The smallest absolute Gasteiger partial charge is 0.337 e. The van der Waals surface area contributed by atoms with Gasteiger partial charge in [-0.1, -0.05) is 0 Å². The SMILES string of the molecule is COC(=O)c1cc(NC(=O)c2ccc(OC)c(COC(C)C)c2)cc(C(=O)OC)c1. The van der Waals surface area contributed by atoms with Crippen LogP contribution in [0, 0.1) is 0 Å². The standard InChI is InChI=1S/C22H25NO7/c1-13(2)30-12-17-8-14(6-7-19(17)27-3)20(24)23-18-10-15(21(25)28-4)9-16(11-18)22(26)29-5/h6-11,13H,12H2,1-5H3,(H,23,24). The molecule has 0 aliphatic carbocycles. The van der Waals surface area contributed by atoms with E-state index in [0.717, 1.165) is 5.56 Å². The Morgan fingerprint density at radius 3 is 1.97 bits per heavy atom. The maximum atomic E-state index is 12.8. The number of carbonyl (C=O) groups is 3. The van der Waals surface area contributed by atoms with Crippen molar-refractivity contribution in [2.24, 2.45) is 0 Å². The van der Waals surface area contributed by atoms with Gasteiger partial charge in [-0.25, -0.2) is 9.59 Å². The summed E-state index contributed by atoms with van der Waals surface area (Å²) in [4.78, 5) is 36.6. The summed E-state index contributed by atoms with van der Waals surface area (Å²) in [5.74, 6) is -1.11. The highest BCUT2D eigenvalue weighted by molar-refractivity contribution is 6.06. The second kappa shape index (κ2) is 10.4. The van der Waals surface area contributed by atoms with E-state index in [1.165, 1.54) is 32.4 Å². The molecule has 1 N–H and O–H groups in total. The third-order valence-electron chi connectivity index (χ3n) is 4.15. The molecule has 1 amide bonds. The topological polar surface area (TPSA) is 100 Å². The van der Waals surface area contributed by atoms with E-state index in [9.17, 15) is 14.4 Å². The molecule has 8 heteroatoms. The Bertz CT molecular complexity index is 903. The molecule has 0 bridgehead atoms. The molecule has 0 heterocycles. The minimum atomic E-state index is -0.645. The van der Waals surface area contributed by atoms with Gasteiger partial charge in [0.2, 0.25) is 0 Å². The molecule has 160 valence electrons. The van der Waals surface area contributed by atoms with E-state index >= 15 is 0 Å². The van der Waals surface area contributed by atoms with Gasteiger partial charge >= 0.3 is 11.9 Å². The number of ether oxygens (including phenoxy) is 4. The molecular weight excluding hydrogens is 390 g/mol. The van der Waals surface area contributed by atoms with Gasteiger partial charge in [0.15, 0.2) is 0 Å². The third kappa shape index (κ3) is 5.81. The van der Waals surface area contributed by atoms with Crippen LogP contribution in [0.25, 0.3) is 0 Å². The maximum Gasteiger partial charge on any atom is 0.337 e. The van der Waals surface area contributed by atoms with Crippen molar-refractivity contribution in [2.45, 2.75) is 26.6 Å². The fourth-order valence-electron chi connectivity index (χ4n) is 2.66. The number of anilines is 1. The predicted octanol–water partition coefficient (Wildman–Crippen LogP) is 3.45. The van der Waals surface area contributed by atoms with Crippen molar-refractivity contribution in [1.29, 1.82) is 0 Å². The molecule has 30 heavy (non-hydrogen) atoms. The quantitative estimate of drug-likeness (QED) is 0.659. The van der Waals surface area contributed by atoms with Crippen LogP contribution < -0.4 is 10.1 Å². The molecule has 2 rings (SSSR count). The Balaban J connectivity index is 2.33. The van der Waals surface area contributed by atoms with Crippen molar-refractivity contribution in [3.8, 4) is 5.75 Å². The van der Waals surface area contributed by atoms with Crippen molar-refractivity contribution < 1.29 is 33.3 Å². The second-order valence-electron chi connectivity index (χ2n) is 6.62. The third-order valence-corrected chi connectivity index (χ3v) is 4.15. The van der Waals surface area contributed by atoms with Gasteiger partial charge in [0, 0.05) is 16.8 Å². The minimum Gasteiger partial charge on any atom is -0.496 e. The highest BCUT2D eigenvalue weighted by atomic mass is 16.5. The monoisotopic (exact) mass is 415 g/mol. The van der Waals surface area contributed by atoms with E-state index in [1.54, 1.807) is 25.3 Å². The molecule has 0 fully saturated rings. The van der Waals surface area contributed by atoms with Gasteiger partial charge in [0.1, 0.15) is 5.75 Å². The van der Waals surface area contributed by atoms with Crippen LogP contribution >= 0.6 is 0 Å². The number of hydrogen-bond donors (Lipinski definition) is 1. The molecule has 0 unspecified atom stereocenters. The molecule has 0 aliphatic heterocycles. The molecule has 0 radical (unpaired) electrons. The molecule has 0 spiro atoms. The second-order valence-corrected chi connectivity index (χ2v) is 6.62. The Morgan fingerprint density at radius 2 is 1.47 bits per heavy atom. The van der Waals surface area contributed by atoms with Crippen LogP contribution in [0.1, 0.15) is 50.5 Å². The number of rotatable bonds is 8. The average Bonchev–Trinajstić information content (AvgIpc) is 2.75. The van der Waals surface area contributed by atoms with Crippen LogP contribution in [0.3, 0.4) is 0 Å². The van der Waals surface area contributed by atoms with Crippen LogP contribution in [0.2, 0.25) is 0 Å². The molecule has 8 nitrogen and oxygen atoms in total. The Labute approximate surface area is 175 Å². The molecule has 2 aromatic carbocycles. The van der Waals surface area contributed by atoms with Gasteiger partial charge in [-0.15, -0.1) is 0 Å². The summed E-state index contributed by atoms with van der Waals surface area (Å²) in [6.45, 7) is 4.11. The molecule has 0 saturated heterocycles. The molecule has 0 atom stereocenters. The first-order chi connectivity index (χ1) is 14.3. The zero-order valence-electron chi connectivity index (χ0n) is 17.6. The van der Waals surface area contributed by atoms with Crippen LogP contribution in [0.5, 0.6) is 5.75 Å². The van der Waals surface area contributed by atoms with Gasteiger partial charge in [0.05, 0.1) is 45.2 Å². The number of esters is 2. The fraction of sp³-hybridized carbons (Fsp3) is 0.318. The van der Waals surface area contributed by atoms with Crippen LogP contribution in [0.4, 0.5) is 5.69 Å². The molecule has 0 saturated carbocycles. The average molecular weight is 415 g/mol. The lowest BCUT2D eigenvalue weighted by molar-refractivity contribution is 0.0598. The molecule has 0 aliphatic rings. The summed E-state index contributed by atoms with van der Waals surface area (Å²) in [5.41, 5.74) is 1.55. The Morgan fingerprint density at radius 1 is 0.867 bits per heavy atom. The predicted molar refractivity (Wildman–Crippen MR) is 110 cm³/mol. The van der Waals surface area contributed by atoms with Gasteiger partial charge in [-0.05, 0) is 50.2 Å². The maximum absolute atomic E-state index is 12.8. The lowest BCUT2D eigenvalue weighted by Gasteiger charge is -2.14. The van der Waals surface area contributed by atoms with Crippen molar-refractivity contribution in [3.05, 3.63) is 58.7 Å². The van der Waals surface area contributed by atoms with E-state index in [2.05, 4.69) is 5.32 Å². The summed E-state index contributed by atoms with van der Waals surface area (Å²) in [6.07, 6.45) is 0.0185. The minimum absolute atomic E-state index is 0.0185. The molecule has 0 aromatic heterocycles. The summed E-state index contributed by atoms with van der Waals surface area (Å²) >= 11 is 0. The summed E-state index contributed by atoms with van der Waals surface area (Å²) < 4.78 is 20.4. The number of amides is 1. The number of nitrogens with one attached hydrogen (secondary N) is 1. The zero-order chi connectivity index (χ0) is 22.3. The normalized spacial score (nSPS) is 10.5. The van der Waals surface area contributed by atoms with Crippen molar-refractivity contribution in [1.82, 2.24) is 0 Å². The van der Waals surface area contributed by atoms with Gasteiger partial charge in [0.25, 0.3) is 5.91 Å². The lowest BCUT2D eigenvalue weighted by Crippen LogP contribution is -2.15. The zero-order valence-corrected chi connectivity index (χ0v) is 17.6. The summed E-state index contributed by atoms with van der Waals surface area (Å²) in [5, 5.41) is 2.69. The molecular formula is C22H25NO7. The number of hydrogen-bond acceptors (Lipinski definition) is 7. The Kier molecular flexibility index (Phi) is 7.94. The fourth-order valence-corrected chi connectivity index (χ4v) is 2.66. The van der Waals surface area contributed by atoms with Crippen LogP contribution in [-0.4, -0.2) is 45.3 Å². The van der Waals surface area contributed by atoms with Gasteiger partial charge < -0.3 is 24.3 Å². The van der Waals surface area contributed by atoms with Crippen LogP contribution in [-0.2, 0) is 20.8 Å².